The molecule has 1 fully saturated rings. The molecular formula is C25H25N5O3. The Balaban J connectivity index is 1.55. The normalized spacial score (nSPS) is 15.0. The predicted octanol–water partition coefficient (Wildman–Crippen LogP) is 4.16. The number of pyridine rings is 2. The van der Waals surface area contributed by atoms with E-state index in [1.54, 1.807) is 56.7 Å². The summed E-state index contributed by atoms with van der Waals surface area (Å²) in [5.41, 5.74) is 2.83. The molecule has 1 aromatic carbocycles. The van der Waals surface area contributed by atoms with Gasteiger partial charge < -0.3 is 19.7 Å². The number of benzene rings is 1. The minimum Gasteiger partial charge on any atom is -0.439 e. The van der Waals surface area contributed by atoms with E-state index >= 15 is 0 Å². The van der Waals surface area contributed by atoms with Crippen LogP contribution >= 0.6 is 0 Å². The maximum absolute atomic E-state index is 12.1. The molecule has 0 bridgehead atoms. The molecule has 1 aliphatic heterocycles. The molecule has 1 aliphatic rings. The predicted molar refractivity (Wildman–Crippen MR) is 124 cm³/mol. The van der Waals surface area contributed by atoms with E-state index in [4.69, 9.17) is 14.7 Å². The van der Waals surface area contributed by atoms with Crippen molar-refractivity contribution in [3.63, 3.8) is 0 Å². The summed E-state index contributed by atoms with van der Waals surface area (Å²) in [6.45, 7) is 1.48. The molecule has 3 aromatic rings. The van der Waals surface area contributed by atoms with Crippen molar-refractivity contribution in [2.75, 3.05) is 32.6 Å². The minimum absolute atomic E-state index is 0.0616. The molecule has 1 atom stereocenters. The Morgan fingerprint density at radius 2 is 2.03 bits per heavy atom. The Bertz CT molecular complexity index is 1150. The Morgan fingerprint density at radius 3 is 2.67 bits per heavy atom. The summed E-state index contributed by atoms with van der Waals surface area (Å²) in [6.07, 6.45) is 4.98. The van der Waals surface area contributed by atoms with Crippen molar-refractivity contribution in [1.82, 2.24) is 14.9 Å². The highest BCUT2D eigenvalue weighted by atomic mass is 16.5. The molecule has 2 aromatic heterocycles. The van der Waals surface area contributed by atoms with E-state index in [0.717, 1.165) is 37.3 Å². The maximum atomic E-state index is 12.1. The zero-order valence-corrected chi connectivity index (χ0v) is 18.6. The van der Waals surface area contributed by atoms with Crippen LogP contribution in [0.25, 0.3) is 0 Å². The molecule has 0 saturated carbocycles. The zero-order valence-electron chi connectivity index (χ0n) is 18.6. The standard InChI is InChI=1S/C25H25N5O3/c1-30(2)25(31)19-4-6-22(7-5-19)33-24-20(11-17-9-10-32-16-17)12-21(15-28-24)29-23-8-3-18(13-26)14-27-23/h3-8,12,14-15,17H,9-11,16H2,1-2H3,(H,27,29). The van der Waals surface area contributed by atoms with E-state index in [9.17, 15) is 4.79 Å². The smallest absolute Gasteiger partial charge is 0.253 e. The van der Waals surface area contributed by atoms with E-state index in [0.29, 0.717) is 34.5 Å². The first-order valence-corrected chi connectivity index (χ1v) is 10.7. The number of ether oxygens (including phenoxy) is 2. The van der Waals surface area contributed by atoms with E-state index in [1.807, 2.05) is 6.07 Å². The van der Waals surface area contributed by atoms with E-state index in [-0.39, 0.29) is 5.91 Å². The van der Waals surface area contributed by atoms with Crippen molar-refractivity contribution in [3.05, 3.63) is 71.5 Å². The Hall–Kier alpha value is -3.96. The number of hydrogen-bond acceptors (Lipinski definition) is 7. The van der Waals surface area contributed by atoms with Gasteiger partial charge in [0.1, 0.15) is 17.6 Å². The average molecular weight is 444 g/mol. The Labute approximate surface area is 192 Å². The van der Waals surface area contributed by atoms with Crippen molar-refractivity contribution in [3.8, 4) is 17.7 Å². The quantitative estimate of drug-likeness (QED) is 0.585. The fourth-order valence-electron chi connectivity index (χ4n) is 3.58. The molecule has 1 amide bonds. The van der Waals surface area contributed by atoms with Crippen LogP contribution in [0.3, 0.4) is 0 Å². The fraction of sp³-hybridized carbons (Fsp3) is 0.280. The molecule has 3 heterocycles. The van der Waals surface area contributed by atoms with Crippen molar-refractivity contribution < 1.29 is 14.3 Å². The summed E-state index contributed by atoms with van der Waals surface area (Å²) < 4.78 is 11.6. The lowest BCUT2D eigenvalue weighted by molar-refractivity contribution is 0.0827. The molecule has 168 valence electrons. The molecule has 8 heteroatoms. The molecule has 4 rings (SSSR count). The number of nitriles is 1. The fourth-order valence-corrected chi connectivity index (χ4v) is 3.58. The monoisotopic (exact) mass is 443 g/mol. The largest absolute Gasteiger partial charge is 0.439 e. The van der Waals surface area contributed by atoms with Gasteiger partial charge in [-0.05, 0) is 61.2 Å². The lowest BCUT2D eigenvalue weighted by atomic mass is 9.99. The summed E-state index contributed by atoms with van der Waals surface area (Å²) in [7, 11) is 3.44. The van der Waals surface area contributed by atoms with Crippen LogP contribution in [0.15, 0.2) is 54.9 Å². The second-order valence-electron chi connectivity index (χ2n) is 8.12. The van der Waals surface area contributed by atoms with Crippen molar-refractivity contribution in [2.45, 2.75) is 12.8 Å². The van der Waals surface area contributed by atoms with Gasteiger partial charge in [-0.2, -0.15) is 5.26 Å². The highest BCUT2D eigenvalue weighted by Gasteiger charge is 2.20. The van der Waals surface area contributed by atoms with Crippen molar-refractivity contribution >= 4 is 17.4 Å². The van der Waals surface area contributed by atoms with Gasteiger partial charge in [-0.15, -0.1) is 0 Å². The molecule has 1 unspecified atom stereocenters. The summed E-state index contributed by atoms with van der Waals surface area (Å²) in [4.78, 5) is 22.5. The number of nitrogens with zero attached hydrogens (tertiary/aromatic N) is 4. The lowest BCUT2D eigenvalue weighted by Gasteiger charge is -2.15. The number of rotatable bonds is 7. The van der Waals surface area contributed by atoms with Crippen LogP contribution in [0.5, 0.6) is 11.6 Å². The van der Waals surface area contributed by atoms with Crippen LogP contribution < -0.4 is 10.1 Å². The molecule has 0 aliphatic carbocycles. The number of hydrogen-bond donors (Lipinski definition) is 1. The van der Waals surface area contributed by atoms with E-state index < -0.39 is 0 Å². The summed E-state index contributed by atoms with van der Waals surface area (Å²) in [5, 5.41) is 12.2. The van der Waals surface area contributed by atoms with Crippen LogP contribution in [0, 0.1) is 17.2 Å². The number of carbonyl (C=O) groups is 1. The maximum Gasteiger partial charge on any atom is 0.253 e. The van der Waals surface area contributed by atoms with Crippen LogP contribution in [0.4, 0.5) is 11.5 Å². The molecule has 1 N–H and O–H groups in total. The third kappa shape index (κ3) is 5.64. The van der Waals surface area contributed by atoms with Gasteiger partial charge in [0.25, 0.3) is 5.91 Å². The van der Waals surface area contributed by atoms with Gasteiger partial charge in [0.05, 0.1) is 17.4 Å². The lowest BCUT2D eigenvalue weighted by Crippen LogP contribution is -2.21. The minimum atomic E-state index is -0.0616. The van der Waals surface area contributed by atoms with Gasteiger partial charge in [0.2, 0.25) is 5.88 Å². The summed E-state index contributed by atoms with van der Waals surface area (Å²) in [5.74, 6) is 2.09. The zero-order chi connectivity index (χ0) is 23.2. The van der Waals surface area contributed by atoms with Crippen LogP contribution in [0.2, 0.25) is 0 Å². The molecule has 8 nitrogen and oxygen atoms in total. The topological polar surface area (TPSA) is 100 Å². The van der Waals surface area contributed by atoms with Gasteiger partial charge in [-0.3, -0.25) is 4.79 Å². The second kappa shape index (κ2) is 10.1. The van der Waals surface area contributed by atoms with Gasteiger partial charge >= 0.3 is 0 Å². The first kappa shape index (κ1) is 22.2. The Kier molecular flexibility index (Phi) is 6.81. The van der Waals surface area contributed by atoms with E-state index in [2.05, 4.69) is 21.4 Å². The SMILES string of the molecule is CN(C)C(=O)c1ccc(Oc2ncc(Nc3ccc(C#N)cn3)cc2CC2CCOC2)cc1. The molecular weight excluding hydrogens is 418 g/mol. The van der Waals surface area contributed by atoms with E-state index in [1.165, 1.54) is 11.1 Å². The number of anilines is 2. The number of carbonyl (C=O) groups excluding carboxylic acids is 1. The Morgan fingerprint density at radius 1 is 1.21 bits per heavy atom. The van der Waals surface area contributed by atoms with Crippen LogP contribution in [0.1, 0.15) is 27.9 Å². The first-order valence-electron chi connectivity index (χ1n) is 10.7. The highest BCUT2D eigenvalue weighted by Crippen LogP contribution is 2.30. The third-order valence-electron chi connectivity index (χ3n) is 5.34. The first-order chi connectivity index (χ1) is 16.0. The molecule has 0 radical (unpaired) electrons. The number of aromatic nitrogens is 2. The molecule has 1 saturated heterocycles. The van der Waals surface area contributed by atoms with Crippen molar-refractivity contribution in [1.29, 1.82) is 5.26 Å². The van der Waals surface area contributed by atoms with Gasteiger partial charge in [-0.1, -0.05) is 0 Å². The van der Waals surface area contributed by atoms with Crippen LogP contribution in [-0.4, -0.2) is 48.1 Å². The second-order valence-corrected chi connectivity index (χ2v) is 8.12. The van der Waals surface area contributed by atoms with Gasteiger partial charge in [0, 0.05) is 44.6 Å². The van der Waals surface area contributed by atoms with Crippen molar-refractivity contribution in [2.24, 2.45) is 5.92 Å². The summed E-state index contributed by atoms with van der Waals surface area (Å²) in [6, 6.07) is 14.6. The van der Waals surface area contributed by atoms with Gasteiger partial charge in [0.15, 0.2) is 0 Å². The number of nitrogens with one attached hydrogen (secondary N) is 1. The molecule has 33 heavy (non-hydrogen) atoms. The third-order valence-corrected chi connectivity index (χ3v) is 5.34. The summed E-state index contributed by atoms with van der Waals surface area (Å²) >= 11 is 0. The highest BCUT2D eigenvalue weighted by molar-refractivity contribution is 5.93. The average Bonchev–Trinajstić information content (AvgIpc) is 3.34. The van der Waals surface area contributed by atoms with Gasteiger partial charge in [-0.25, -0.2) is 9.97 Å². The van der Waals surface area contributed by atoms with Crippen LogP contribution in [-0.2, 0) is 11.2 Å². The molecule has 0 spiro atoms. The number of amides is 1.